The number of hydrogen-bond acceptors (Lipinski definition) is 4. The molecule has 3 saturated heterocycles. The molecular formula is C17H23N3O3. The average Bonchev–Trinajstić information content (AvgIpc) is 2.46. The third-order valence-corrected chi connectivity index (χ3v) is 4.26. The molecule has 2 atom stereocenters. The van der Waals surface area contributed by atoms with Crippen LogP contribution in [0.4, 0.5) is 16.2 Å². The van der Waals surface area contributed by atoms with Crippen molar-refractivity contribution in [3.05, 3.63) is 24.3 Å². The van der Waals surface area contributed by atoms with Gasteiger partial charge in [-0.1, -0.05) is 0 Å². The molecular weight excluding hydrogens is 294 g/mol. The van der Waals surface area contributed by atoms with Gasteiger partial charge in [0.05, 0.1) is 12.1 Å². The van der Waals surface area contributed by atoms with E-state index in [1.807, 2.05) is 49.9 Å². The van der Waals surface area contributed by atoms with Crippen LogP contribution in [-0.4, -0.2) is 48.2 Å². The summed E-state index contributed by atoms with van der Waals surface area (Å²) < 4.78 is 5.49. The zero-order chi connectivity index (χ0) is 16.6. The van der Waals surface area contributed by atoms with Crippen LogP contribution in [0.5, 0.6) is 0 Å². The summed E-state index contributed by atoms with van der Waals surface area (Å²) in [6.45, 7) is 7.30. The molecule has 0 saturated carbocycles. The third-order valence-electron chi connectivity index (χ3n) is 4.26. The van der Waals surface area contributed by atoms with E-state index in [-0.39, 0.29) is 18.2 Å². The molecule has 3 fully saturated rings. The third kappa shape index (κ3) is 3.25. The maximum absolute atomic E-state index is 12.3. The fraction of sp³-hybridized carbons (Fsp3) is 0.529. The second-order valence-corrected chi connectivity index (χ2v) is 7.15. The SMILES string of the molecule is CC(C)(C)OC(=O)N1C2CC1CN(c1ccc(NC=O)cc1)C2. The Hall–Kier alpha value is -2.24. The van der Waals surface area contributed by atoms with E-state index >= 15 is 0 Å². The van der Waals surface area contributed by atoms with E-state index in [4.69, 9.17) is 4.74 Å². The lowest BCUT2D eigenvalue weighted by Crippen LogP contribution is -2.70. The van der Waals surface area contributed by atoms with Crippen LogP contribution >= 0.6 is 0 Å². The zero-order valence-electron chi connectivity index (χ0n) is 13.8. The van der Waals surface area contributed by atoms with E-state index in [9.17, 15) is 9.59 Å². The highest BCUT2D eigenvalue weighted by molar-refractivity contribution is 5.73. The highest BCUT2D eigenvalue weighted by atomic mass is 16.6. The van der Waals surface area contributed by atoms with Crippen LogP contribution in [0.15, 0.2) is 24.3 Å². The van der Waals surface area contributed by atoms with Gasteiger partial charge in [0.2, 0.25) is 6.41 Å². The van der Waals surface area contributed by atoms with Gasteiger partial charge in [-0.2, -0.15) is 0 Å². The number of hydrogen-bond donors (Lipinski definition) is 1. The van der Waals surface area contributed by atoms with Crippen molar-refractivity contribution in [2.24, 2.45) is 0 Å². The Bertz CT molecular complexity index is 582. The molecule has 0 radical (unpaired) electrons. The summed E-state index contributed by atoms with van der Waals surface area (Å²) in [4.78, 5) is 26.9. The first-order valence-corrected chi connectivity index (χ1v) is 7.94. The smallest absolute Gasteiger partial charge is 0.410 e. The van der Waals surface area contributed by atoms with E-state index in [2.05, 4.69) is 10.2 Å². The van der Waals surface area contributed by atoms with E-state index in [0.29, 0.717) is 6.41 Å². The van der Waals surface area contributed by atoms with Crippen molar-refractivity contribution in [1.29, 1.82) is 0 Å². The first kappa shape index (κ1) is 15.6. The van der Waals surface area contributed by atoms with Crippen LogP contribution in [0, 0.1) is 0 Å². The average molecular weight is 317 g/mol. The minimum atomic E-state index is -0.456. The summed E-state index contributed by atoms with van der Waals surface area (Å²) in [6.07, 6.45) is 1.51. The molecule has 1 aromatic rings. The molecule has 3 aliphatic rings. The second kappa shape index (κ2) is 5.76. The summed E-state index contributed by atoms with van der Waals surface area (Å²) in [5, 5.41) is 2.63. The Kier molecular flexibility index (Phi) is 3.92. The molecule has 4 rings (SSSR count). The van der Waals surface area contributed by atoms with Gasteiger partial charge in [-0.3, -0.25) is 9.69 Å². The Balaban J connectivity index is 1.62. The lowest BCUT2D eigenvalue weighted by Gasteiger charge is -2.56. The van der Waals surface area contributed by atoms with E-state index in [1.165, 1.54) is 0 Å². The van der Waals surface area contributed by atoms with Crippen molar-refractivity contribution < 1.29 is 14.3 Å². The molecule has 2 unspecified atom stereocenters. The van der Waals surface area contributed by atoms with E-state index < -0.39 is 5.60 Å². The van der Waals surface area contributed by atoms with Crippen molar-refractivity contribution in [1.82, 2.24) is 4.90 Å². The number of fused-ring (bicyclic) bond motifs is 2. The normalized spacial score (nSPS) is 23.1. The first-order chi connectivity index (χ1) is 10.9. The van der Waals surface area contributed by atoms with Crippen molar-refractivity contribution in [2.75, 3.05) is 23.3 Å². The van der Waals surface area contributed by atoms with Gasteiger partial charge in [0.15, 0.2) is 0 Å². The minimum Gasteiger partial charge on any atom is -0.444 e. The summed E-state index contributed by atoms with van der Waals surface area (Å²) >= 11 is 0. The molecule has 0 spiro atoms. The van der Waals surface area contributed by atoms with Gasteiger partial charge in [0.1, 0.15) is 5.60 Å². The van der Waals surface area contributed by atoms with Crippen molar-refractivity contribution in [3.8, 4) is 0 Å². The lowest BCUT2D eigenvalue weighted by molar-refractivity contribution is -0.105. The number of nitrogens with zero attached hydrogens (tertiary/aromatic N) is 2. The fourth-order valence-electron chi connectivity index (χ4n) is 3.27. The largest absolute Gasteiger partial charge is 0.444 e. The van der Waals surface area contributed by atoms with Crippen molar-refractivity contribution in [3.63, 3.8) is 0 Å². The number of anilines is 2. The maximum atomic E-state index is 12.3. The number of carbonyl (C=O) groups excluding carboxylic acids is 2. The molecule has 2 amide bonds. The van der Waals surface area contributed by atoms with Crippen LogP contribution in [0.2, 0.25) is 0 Å². The molecule has 3 heterocycles. The molecule has 0 aromatic heterocycles. The van der Waals surface area contributed by atoms with Crippen LogP contribution in [0.1, 0.15) is 27.2 Å². The van der Waals surface area contributed by atoms with Crippen LogP contribution in [-0.2, 0) is 9.53 Å². The number of piperazine rings is 1. The summed E-state index contributed by atoms with van der Waals surface area (Å²) in [5.41, 5.74) is 1.43. The predicted molar refractivity (Wildman–Crippen MR) is 88.6 cm³/mol. The molecule has 6 heteroatoms. The zero-order valence-corrected chi connectivity index (χ0v) is 13.8. The van der Waals surface area contributed by atoms with Crippen LogP contribution in [0.25, 0.3) is 0 Å². The number of piperidine rings is 1. The number of carbonyl (C=O) groups is 2. The van der Waals surface area contributed by atoms with Crippen molar-refractivity contribution in [2.45, 2.75) is 44.9 Å². The Morgan fingerprint density at radius 1 is 1.22 bits per heavy atom. The van der Waals surface area contributed by atoms with Gasteiger partial charge in [-0.05, 0) is 51.5 Å². The standard InChI is InChI=1S/C17H23N3O3/c1-17(2,3)23-16(22)20-14-8-15(20)10-19(9-14)13-6-4-12(5-7-13)18-11-21/h4-7,11,14-15H,8-10H2,1-3H3,(H,18,21). The number of nitrogens with one attached hydrogen (secondary N) is 1. The van der Waals surface area contributed by atoms with Crippen LogP contribution < -0.4 is 10.2 Å². The minimum absolute atomic E-state index is 0.205. The molecule has 0 aliphatic carbocycles. The Labute approximate surface area is 136 Å². The number of amides is 2. The van der Waals surface area contributed by atoms with Gasteiger partial charge in [0.25, 0.3) is 0 Å². The summed E-state index contributed by atoms with van der Waals surface area (Å²) in [7, 11) is 0. The molecule has 1 aromatic carbocycles. The van der Waals surface area contributed by atoms with Gasteiger partial charge >= 0.3 is 6.09 Å². The quantitative estimate of drug-likeness (QED) is 0.870. The molecule has 1 N–H and O–H groups in total. The molecule has 23 heavy (non-hydrogen) atoms. The lowest BCUT2D eigenvalue weighted by atomic mass is 9.87. The molecule has 3 aliphatic heterocycles. The molecule has 2 bridgehead atoms. The summed E-state index contributed by atoms with van der Waals surface area (Å²) in [6, 6.07) is 8.20. The topological polar surface area (TPSA) is 61.9 Å². The van der Waals surface area contributed by atoms with Crippen LogP contribution in [0.3, 0.4) is 0 Å². The monoisotopic (exact) mass is 317 g/mol. The van der Waals surface area contributed by atoms with Gasteiger partial charge in [-0.15, -0.1) is 0 Å². The van der Waals surface area contributed by atoms with Gasteiger partial charge in [0, 0.05) is 24.5 Å². The predicted octanol–water partition coefficient (Wildman–Crippen LogP) is 2.45. The molecule has 6 nitrogen and oxygen atoms in total. The van der Waals surface area contributed by atoms with Crippen molar-refractivity contribution >= 4 is 23.9 Å². The number of ether oxygens (including phenoxy) is 1. The first-order valence-electron chi connectivity index (χ1n) is 7.94. The number of rotatable bonds is 3. The van der Waals surface area contributed by atoms with Gasteiger partial charge < -0.3 is 15.0 Å². The maximum Gasteiger partial charge on any atom is 0.410 e. The van der Waals surface area contributed by atoms with E-state index in [0.717, 1.165) is 30.9 Å². The second-order valence-electron chi connectivity index (χ2n) is 7.15. The number of benzene rings is 1. The van der Waals surface area contributed by atoms with Gasteiger partial charge in [-0.25, -0.2) is 4.79 Å². The summed E-state index contributed by atoms with van der Waals surface area (Å²) in [5.74, 6) is 0. The Morgan fingerprint density at radius 3 is 2.35 bits per heavy atom. The highest BCUT2D eigenvalue weighted by Gasteiger charge is 2.48. The molecule has 124 valence electrons. The fourth-order valence-corrected chi connectivity index (χ4v) is 3.27. The Morgan fingerprint density at radius 2 is 1.83 bits per heavy atom. The van der Waals surface area contributed by atoms with E-state index in [1.54, 1.807) is 0 Å². The highest BCUT2D eigenvalue weighted by Crippen LogP contribution is 2.36.